The van der Waals surface area contributed by atoms with E-state index in [1.807, 2.05) is 29.2 Å². The Labute approximate surface area is 156 Å². The molecule has 7 heteroatoms. The molecule has 0 saturated carbocycles. The van der Waals surface area contributed by atoms with Gasteiger partial charge >= 0.3 is 6.18 Å². The first kappa shape index (κ1) is 19.2. The van der Waals surface area contributed by atoms with E-state index in [2.05, 4.69) is 17.5 Å². The summed E-state index contributed by atoms with van der Waals surface area (Å²) in [5.41, 5.74) is 4.92. The Kier molecular flexibility index (Phi) is 5.70. The molecule has 144 valence electrons. The van der Waals surface area contributed by atoms with Crippen LogP contribution in [0.5, 0.6) is 0 Å². The number of hydrogen-bond donors (Lipinski definition) is 2. The molecule has 0 spiro atoms. The first-order valence-electron chi connectivity index (χ1n) is 8.88. The zero-order chi connectivity index (χ0) is 19.4. The van der Waals surface area contributed by atoms with Gasteiger partial charge in [-0.15, -0.1) is 0 Å². The van der Waals surface area contributed by atoms with Crippen molar-refractivity contribution in [3.05, 3.63) is 59.7 Å². The van der Waals surface area contributed by atoms with Crippen LogP contribution in [0.2, 0.25) is 0 Å². The second-order valence-corrected chi connectivity index (χ2v) is 6.51. The third-order valence-corrected chi connectivity index (χ3v) is 4.55. The summed E-state index contributed by atoms with van der Waals surface area (Å²) < 4.78 is 38.0. The highest BCUT2D eigenvalue weighted by atomic mass is 19.4. The number of hydrazone groups is 1. The van der Waals surface area contributed by atoms with Gasteiger partial charge in [-0.2, -0.15) is 18.3 Å². The molecule has 0 aromatic heterocycles. The minimum Gasteiger partial charge on any atom is -0.392 e. The molecule has 27 heavy (non-hydrogen) atoms. The highest BCUT2D eigenvalue weighted by molar-refractivity contribution is 5.83. The molecule has 4 nitrogen and oxygen atoms in total. The third kappa shape index (κ3) is 4.42. The molecule has 2 aromatic carbocycles. The Hall–Kier alpha value is -2.54. The maximum absolute atomic E-state index is 12.7. The highest BCUT2D eigenvalue weighted by Crippen LogP contribution is 2.31. The lowest BCUT2D eigenvalue weighted by Crippen LogP contribution is -2.42. The normalized spacial score (nSPS) is 17.0. The zero-order valence-corrected chi connectivity index (χ0v) is 15.0. The number of nitrogens with zero attached hydrogens (tertiary/aromatic N) is 2. The topological polar surface area (TPSA) is 47.9 Å². The summed E-state index contributed by atoms with van der Waals surface area (Å²) in [4.78, 5) is 2.04. The van der Waals surface area contributed by atoms with E-state index < -0.39 is 11.7 Å². The van der Waals surface area contributed by atoms with Gasteiger partial charge in [0.25, 0.3) is 0 Å². The number of rotatable bonds is 6. The van der Waals surface area contributed by atoms with Gasteiger partial charge in [-0.25, -0.2) is 0 Å². The van der Waals surface area contributed by atoms with Crippen molar-refractivity contribution in [2.75, 3.05) is 6.61 Å². The second kappa shape index (κ2) is 8.00. The Morgan fingerprint density at radius 3 is 2.15 bits per heavy atom. The molecule has 1 atom stereocenters. The van der Waals surface area contributed by atoms with Crippen molar-refractivity contribution < 1.29 is 18.3 Å². The lowest BCUT2D eigenvalue weighted by atomic mass is 10.0. The minimum atomic E-state index is -4.33. The maximum Gasteiger partial charge on any atom is 0.416 e. The monoisotopic (exact) mass is 377 g/mol. The molecule has 2 N–H and O–H groups in total. The molecule has 0 saturated heterocycles. The fourth-order valence-corrected chi connectivity index (χ4v) is 3.08. The van der Waals surface area contributed by atoms with Crippen LogP contribution in [0.15, 0.2) is 53.6 Å². The third-order valence-electron chi connectivity index (χ3n) is 4.55. The van der Waals surface area contributed by atoms with Gasteiger partial charge in [0.05, 0.1) is 12.2 Å². The van der Waals surface area contributed by atoms with E-state index in [0.717, 1.165) is 47.5 Å². The number of benzene rings is 2. The van der Waals surface area contributed by atoms with Crippen molar-refractivity contribution >= 4 is 5.84 Å². The Morgan fingerprint density at radius 1 is 1.04 bits per heavy atom. The molecule has 0 radical (unpaired) electrons. The first-order chi connectivity index (χ1) is 12.9. The van der Waals surface area contributed by atoms with Crippen LogP contribution in [0, 0.1) is 0 Å². The summed E-state index contributed by atoms with van der Waals surface area (Å²) in [6, 6.07) is 12.8. The lowest BCUT2D eigenvalue weighted by molar-refractivity contribution is -0.137. The van der Waals surface area contributed by atoms with Crippen molar-refractivity contribution in [2.24, 2.45) is 5.10 Å². The van der Waals surface area contributed by atoms with Crippen molar-refractivity contribution in [1.82, 2.24) is 10.3 Å². The van der Waals surface area contributed by atoms with Gasteiger partial charge in [0.2, 0.25) is 0 Å². The van der Waals surface area contributed by atoms with Gasteiger partial charge in [0.1, 0.15) is 12.0 Å². The largest absolute Gasteiger partial charge is 0.416 e. The van der Waals surface area contributed by atoms with E-state index in [9.17, 15) is 18.3 Å². The van der Waals surface area contributed by atoms with Gasteiger partial charge in [-0.1, -0.05) is 43.3 Å². The average Bonchev–Trinajstić information content (AvgIpc) is 3.04. The molecule has 3 rings (SSSR count). The van der Waals surface area contributed by atoms with Crippen LogP contribution < -0.4 is 5.43 Å². The molecule has 1 aliphatic rings. The molecule has 0 amide bonds. The summed E-state index contributed by atoms with van der Waals surface area (Å²) in [5, 5.41) is 13.8. The Morgan fingerprint density at radius 2 is 1.63 bits per heavy atom. The van der Waals surface area contributed by atoms with Crippen molar-refractivity contribution in [3.8, 4) is 11.1 Å². The standard InChI is InChI=1S/C20H22F3N3O/c1-2-3-18-24-25-19(13-27)26(18)12-14-4-6-15(7-5-14)16-8-10-17(11-9-16)20(21,22)23/h4-11,19,25,27H,2-3,12-13H2,1H3. The van der Waals surface area contributed by atoms with E-state index in [-0.39, 0.29) is 12.8 Å². The maximum atomic E-state index is 12.7. The SMILES string of the molecule is CCCC1=NNC(CO)N1Cc1ccc(-c2ccc(C(F)(F)F)cc2)cc1. The molecular weight excluding hydrogens is 355 g/mol. The molecule has 0 fully saturated rings. The van der Waals surface area contributed by atoms with Crippen LogP contribution in [0.25, 0.3) is 11.1 Å². The molecule has 2 aromatic rings. The van der Waals surface area contributed by atoms with Gasteiger partial charge < -0.3 is 10.0 Å². The summed E-state index contributed by atoms with van der Waals surface area (Å²) in [6.45, 7) is 2.64. The Bertz CT molecular complexity index is 786. The lowest BCUT2D eigenvalue weighted by Gasteiger charge is -2.26. The first-order valence-corrected chi connectivity index (χ1v) is 8.88. The number of alkyl halides is 3. The fraction of sp³-hybridized carbons (Fsp3) is 0.350. The summed E-state index contributed by atoms with van der Waals surface area (Å²) in [6.07, 6.45) is -2.77. The molecule has 1 heterocycles. The van der Waals surface area contributed by atoms with Crippen molar-refractivity contribution in [2.45, 2.75) is 38.7 Å². The molecule has 1 aliphatic heterocycles. The van der Waals surface area contributed by atoms with Crippen LogP contribution in [-0.4, -0.2) is 28.6 Å². The number of aliphatic hydroxyl groups excluding tert-OH is 1. The fourth-order valence-electron chi connectivity index (χ4n) is 3.08. The number of halogens is 3. The predicted molar refractivity (Wildman–Crippen MR) is 98.8 cm³/mol. The van der Waals surface area contributed by atoms with Crippen LogP contribution in [0.3, 0.4) is 0 Å². The van der Waals surface area contributed by atoms with Crippen LogP contribution >= 0.6 is 0 Å². The minimum absolute atomic E-state index is 0.0413. The van der Waals surface area contributed by atoms with Crippen molar-refractivity contribution in [1.29, 1.82) is 0 Å². The van der Waals surface area contributed by atoms with Crippen LogP contribution in [0.4, 0.5) is 13.2 Å². The summed E-state index contributed by atoms with van der Waals surface area (Å²) in [7, 11) is 0. The zero-order valence-electron chi connectivity index (χ0n) is 15.0. The quantitative estimate of drug-likeness (QED) is 0.793. The molecule has 0 aliphatic carbocycles. The molecular formula is C20H22F3N3O. The van der Waals surface area contributed by atoms with Crippen LogP contribution in [-0.2, 0) is 12.7 Å². The number of nitrogens with one attached hydrogen (secondary N) is 1. The number of hydrogen-bond acceptors (Lipinski definition) is 4. The van der Waals surface area contributed by atoms with Gasteiger partial charge in [0, 0.05) is 13.0 Å². The highest BCUT2D eigenvalue weighted by Gasteiger charge is 2.30. The Balaban J connectivity index is 1.72. The summed E-state index contributed by atoms with van der Waals surface area (Å²) >= 11 is 0. The van der Waals surface area contributed by atoms with Crippen LogP contribution in [0.1, 0.15) is 30.9 Å². The summed E-state index contributed by atoms with van der Waals surface area (Å²) in [5.74, 6) is 0.920. The van der Waals surface area contributed by atoms with Gasteiger partial charge in [-0.3, -0.25) is 5.43 Å². The van der Waals surface area contributed by atoms with Crippen molar-refractivity contribution in [3.63, 3.8) is 0 Å². The van der Waals surface area contributed by atoms with E-state index in [1.165, 1.54) is 12.1 Å². The smallest absolute Gasteiger partial charge is 0.392 e. The molecule has 1 unspecified atom stereocenters. The van der Waals surface area contributed by atoms with E-state index in [1.54, 1.807) is 0 Å². The predicted octanol–water partition coefficient (Wildman–Crippen LogP) is 4.21. The van der Waals surface area contributed by atoms with E-state index in [4.69, 9.17) is 0 Å². The molecule has 0 bridgehead atoms. The number of aliphatic hydroxyl groups is 1. The number of amidine groups is 1. The second-order valence-electron chi connectivity index (χ2n) is 6.51. The van der Waals surface area contributed by atoms with Gasteiger partial charge in [-0.05, 0) is 35.2 Å². The van der Waals surface area contributed by atoms with E-state index >= 15 is 0 Å². The average molecular weight is 377 g/mol. The van der Waals surface area contributed by atoms with E-state index in [0.29, 0.717) is 6.54 Å². The van der Waals surface area contributed by atoms with Gasteiger partial charge in [0.15, 0.2) is 0 Å².